The van der Waals surface area contributed by atoms with E-state index in [9.17, 15) is 0 Å². The molecule has 0 atom stereocenters. The molecular formula is C16H19N. The fourth-order valence-electron chi connectivity index (χ4n) is 2.47. The number of benzene rings is 2. The van der Waals surface area contributed by atoms with E-state index < -0.39 is 0 Å². The van der Waals surface area contributed by atoms with E-state index in [1.807, 2.05) is 0 Å². The van der Waals surface area contributed by atoms with Gasteiger partial charge in [0.2, 0.25) is 0 Å². The first-order chi connectivity index (χ1) is 8.02. The van der Waals surface area contributed by atoms with Crippen molar-refractivity contribution in [2.24, 2.45) is 0 Å². The molecule has 0 saturated carbocycles. The predicted molar refractivity (Wildman–Crippen MR) is 75.2 cm³/mol. The molecule has 0 heterocycles. The molecule has 0 radical (unpaired) electrons. The molecule has 88 valence electrons. The van der Waals surface area contributed by atoms with Gasteiger partial charge in [-0.05, 0) is 61.1 Å². The first-order valence-electron chi connectivity index (χ1n) is 5.94. The maximum atomic E-state index is 6.14. The van der Waals surface area contributed by atoms with Crippen LogP contribution in [0.25, 0.3) is 11.1 Å². The van der Waals surface area contributed by atoms with Gasteiger partial charge < -0.3 is 5.73 Å². The minimum Gasteiger partial charge on any atom is -0.398 e. The summed E-state index contributed by atoms with van der Waals surface area (Å²) in [7, 11) is 0. The molecule has 2 aromatic rings. The van der Waals surface area contributed by atoms with Gasteiger partial charge >= 0.3 is 0 Å². The molecule has 2 N–H and O–H groups in total. The second-order valence-corrected chi connectivity index (χ2v) is 4.74. The Kier molecular flexibility index (Phi) is 2.93. The van der Waals surface area contributed by atoms with Crippen LogP contribution in [0.3, 0.4) is 0 Å². The van der Waals surface area contributed by atoms with Crippen LogP contribution in [0, 0.1) is 27.7 Å². The van der Waals surface area contributed by atoms with Gasteiger partial charge in [0, 0.05) is 5.69 Å². The Morgan fingerprint density at radius 3 is 2.12 bits per heavy atom. The number of hydrogen-bond acceptors (Lipinski definition) is 1. The van der Waals surface area contributed by atoms with Gasteiger partial charge in [0.15, 0.2) is 0 Å². The van der Waals surface area contributed by atoms with Gasteiger partial charge in [-0.1, -0.05) is 30.3 Å². The van der Waals surface area contributed by atoms with Crippen molar-refractivity contribution in [2.45, 2.75) is 27.7 Å². The molecule has 0 aliphatic rings. The molecule has 0 aromatic heterocycles. The maximum absolute atomic E-state index is 6.14. The zero-order valence-electron chi connectivity index (χ0n) is 11.0. The number of aryl methyl sites for hydroxylation is 3. The lowest BCUT2D eigenvalue weighted by molar-refractivity contribution is 1.31. The summed E-state index contributed by atoms with van der Waals surface area (Å²) in [6.07, 6.45) is 0. The highest BCUT2D eigenvalue weighted by atomic mass is 14.6. The largest absolute Gasteiger partial charge is 0.398 e. The fraction of sp³-hybridized carbons (Fsp3) is 0.250. The molecule has 2 rings (SSSR count). The minimum absolute atomic E-state index is 0.911. The SMILES string of the molecule is Cc1ccccc1-c1c(C)cc(C)c(N)c1C. The number of nitrogens with two attached hydrogens (primary N) is 1. The second kappa shape index (κ2) is 4.25. The van der Waals surface area contributed by atoms with Crippen molar-refractivity contribution in [3.8, 4) is 11.1 Å². The summed E-state index contributed by atoms with van der Waals surface area (Å²) in [5.41, 5.74) is 14.6. The molecular weight excluding hydrogens is 206 g/mol. The van der Waals surface area contributed by atoms with Crippen LogP contribution in [-0.4, -0.2) is 0 Å². The summed E-state index contributed by atoms with van der Waals surface area (Å²) in [6, 6.07) is 10.6. The van der Waals surface area contributed by atoms with E-state index in [1.165, 1.54) is 27.8 Å². The molecule has 0 saturated heterocycles. The third kappa shape index (κ3) is 1.93. The fourth-order valence-corrected chi connectivity index (χ4v) is 2.47. The Bertz CT molecular complexity index is 568. The van der Waals surface area contributed by atoms with Crippen LogP contribution in [0.1, 0.15) is 22.3 Å². The molecule has 0 fully saturated rings. The number of anilines is 1. The second-order valence-electron chi connectivity index (χ2n) is 4.74. The van der Waals surface area contributed by atoms with Gasteiger partial charge in [0.25, 0.3) is 0 Å². The summed E-state index contributed by atoms with van der Waals surface area (Å²) in [6.45, 7) is 8.47. The lowest BCUT2D eigenvalue weighted by Crippen LogP contribution is -1.99. The van der Waals surface area contributed by atoms with Gasteiger partial charge in [-0.15, -0.1) is 0 Å². The van der Waals surface area contributed by atoms with Crippen molar-refractivity contribution in [2.75, 3.05) is 5.73 Å². The lowest BCUT2D eigenvalue weighted by Gasteiger charge is -2.16. The van der Waals surface area contributed by atoms with E-state index in [0.717, 1.165) is 11.3 Å². The van der Waals surface area contributed by atoms with Crippen LogP contribution < -0.4 is 5.73 Å². The molecule has 0 aliphatic carbocycles. The zero-order chi connectivity index (χ0) is 12.6. The van der Waals surface area contributed by atoms with Crippen molar-refractivity contribution in [1.82, 2.24) is 0 Å². The van der Waals surface area contributed by atoms with E-state index in [-0.39, 0.29) is 0 Å². The van der Waals surface area contributed by atoms with Crippen LogP contribution in [0.4, 0.5) is 5.69 Å². The topological polar surface area (TPSA) is 26.0 Å². The monoisotopic (exact) mass is 225 g/mol. The smallest absolute Gasteiger partial charge is 0.0379 e. The van der Waals surface area contributed by atoms with Crippen molar-refractivity contribution >= 4 is 5.69 Å². The molecule has 1 nitrogen and oxygen atoms in total. The summed E-state index contributed by atoms with van der Waals surface area (Å²) in [5, 5.41) is 0. The Morgan fingerprint density at radius 2 is 1.47 bits per heavy atom. The van der Waals surface area contributed by atoms with Gasteiger partial charge in [0.05, 0.1) is 0 Å². The van der Waals surface area contributed by atoms with Crippen LogP contribution in [-0.2, 0) is 0 Å². The van der Waals surface area contributed by atoms with Crippen molar-refractivity contribution in [3.63, 3.8) is 0 Å². The Balaban J connectivity index is 2.77. The highest BCUT2D eigenvalue weighted by molar-refractivity contribution is 5.79. The zero-order valence-corrected chi connectivity index (χ0v) is 11.0. The molecule has 0 bridgehead atoms. The van der Waals surface area contributed by atoms with Gasteiger partial charge in [-0.2, -0.15) is 0 Å². The average Bonchev–Trinajstić information content (AvgIpc) is 2.29. The van der Waals surface area contributed by atoms with Crippen LogP contribution >= 0.6 is 0 Å². The molecule has 1 heteroatoms. The maximum Gasteiger partial charge on any atom is 0.0379 e. The lowest BCUT2D eigenvalue weighted by atomic mass is 9.90. The standard InChI is InChI=1S/C16H19N/c1-10-7-5-6-8-14(10)15-11(2)9-12(3)16(17)13(15)4/h5-9H,17H2,1-4H3. The normalized spacial score (nSPS) is 10.6. The van der Waals surface area contributed by atoms with Crippen LogP contribution in [0.5, 0.6) is 0 Å². The summed E-state index contributed by atoms with van der Waals surface area (Å²) in [5.74, 6) is 0. The third-order valence-corrected chi connectivity index (χ3v) is 3.45. The first kappa shape index (κ1) is 11.7. The van der Waals surface area contributed by atoms with Crippen molar-refractivity contribution in [1.29, 1.82) is 0 Å². The molecule has 2 aromatic carbocycles. The molecule has 0 amide bonds. The van der Waals surface area contributed by atoms with E-state index in [1.54, 1.807) is 0 Å². The molecule has 0 spiro atoms. The number of hydrogen-bond donors (Lipinski definition) is 1. The Labute approximate surface area is 103 Å². The van der Waals surface area contributed by atoms with Crippen molar-refractivity contribution in [3.05, 3.63) is 52.6 Å². The number of nitrogen functional groups attached to an aromatic ring is 1. The van der Waals surface area contributed by atoms with Gasteiger partial charge in [0.1, 0.15) is 0 Å². The summed E-state index contributed by atoms with van der Waals surface area (Å²) >= 11 is 0. The summed E-state index contributed by atoms with van der Waals surface area (Å²) in [4.78, 5) is 0. The average molecular weight is 225 g/mol. The van der Waals surface area contributed by atoms with E-state index in [4.69, 9.17) is 5.73 Å². The molecule has 0 unspecified atom stereocenters. The first-order valence-corrected chi connectivity index (χ1v) is 5.94. The third-order valence-electron chi connectivity index (χ3n) is 3.45. The van der Waals surface area contributed by atoms with E-state index in [0.29, 0.717) is 0 Å². The minimum atomic E-state index is 0.911. The van der Waals surface area contributed by atoms with Crippen molar-refractivity contribution < 1.29 is 0 Å². The molecule has 0 aliphatic heterocycles. The van der Waals surface area contributed by atoms with Crippen LogP contribution in [0.15, 0.2) is 30.3 Å². The van der Waals surface area contributed by atoms with Gasteiger partial charge in [-0.3, -0.25) is 0 Å². The number of rotatable bonds is 1. The Morgan fingerprint density at radius 1 is 0.824 bits per heavy atom. The molecule has 17 heavy (non-hydrogen) atoms. The highest BCUT2D eigenvalue weighted by Gasteiger charge is 2.11. The highest BCUT2D eigenvalue weighted by Crippen LogP contribution is 2.34. The quantitative estimate of drug-likeness (QED) is 0.724. The van der Waals surface area contributed by atoms with E-state index in [2.05, 4.69) is 58.0 Å². The van der Waals surface area contributed by atoms with Crippen LogP contribution in [0.2, 0.25) is 0 Å². The van der Waals surface area contributed by atoms with Gasteiger partial charge in [-0.25, -0.2) is 0 Å². The Hall–Kier alpha value is -1.76. The predicted octanol–water partition coefficient (Wildman–Crippen LogP) is 4.17. The summed E-state index contributed by atoms with van der Waals surface area (Å²) < 4.78 is 0. The van der Waals surface area contributed by atoms with E-state index >= 15 is 0 Å².